The first kappa shape index (κ1) is 26.7. The molecule has 0 radical (unpaired) electrons. The molecule has 1 aliphatic rings. The molecule has 3 aromatic carbocycles. The normalized spacial score (nSPS) is 14.4. The minimum absolute atomic E-state index is 0.148. The summed E-state index contributed by atoms with van der Waals surface area (Å²) < 4.78 is 12.4. The maximum Gasteiger partial charge on any atom is 0.293 e. The van der Waals surface area contributed by atoms with Crippen LogP contribution in [0.15, 0.2) is 70.0 Å². The minimum atomic E-state index is -0.534. The largest absolute Gasteiger partial charge is 0.490 e. The number of nitro groups is 1. The summed E-state index contributed by atoms with van der Waals surface area (Å²) in [5, 5.41) is 11.5. The van der Waals surface area contributed by atoms with Gasteiger partial charge in [-0.3, -0.25) is 24.6 Å². The Labute approximate surface area is 230 Å². The number of halogens is 2. The third-order valence-corrected chi connectivity index (χ3v) is 7.06. The van der Waals surface area contributed by atoms with Crippen molar-refractivity contribution in [3.8, 4) is 11.5 Å². The van der Waals surface area contributed by atoms with Gasteiger partial charge >= 0.3 is 0 Å². The number of carbonyl (C=O) groups is 2. The van der Waals surface area contributed by atoms with Gasteiger partial charge in [0, 0.05) is 16.7 Å². The highest BCUT2D eigenvalue weighted by atomic mass is 79.9. The smallest absolute Gasteiger partial charge is 0.293 e. The average Bonchev–Trinajstić information content (AvgIpc) is 3.12. The van der Waals surface area contributed by atoms with Gasteiger partial charge in [0.05, 0.1) is 27.5 Å². The van der Waals surface area contributed by atoms with E-state index in [1.807, 2.05) is 19.1 Å². The Morgan fingerprint density at radius 3 is 2.54 bits per heavy atom. The van der Waals surface area contributed by atoms with Crippen LogP contribution in [0.3, 0.4) is 0 Å². The molecule has 0 aliphatic carbocycles. The number of hydrogen-bond donors (Lipinski definition) is 0. The molecule has 0 aromatic heterocycles. The number of ether oxygens (including phenoxy) is 2. The third kappa shape index (κ3) is 6.33. The first-order valence-corrected chi connectivity index (χ1v) is 13.1. The highest BCUT2D eigenvalue weighted by Gasteiger charge is 2.36. The molecule has 37 heavy (non-hydrogen) atoms. The number of carbonyl (C=O) groups excluding carboxylic acids is 2. The highest BCUT2D eigenvalue weighted by Crippen LogP contribution is 2.40. The quantitative estimate of drug-likeness (QED) is 0.145. The maximum atomic E-state index is 13.0. The molecule has 0 unspecified atom stereocenters. The van der Waals surface area contributed by atoms with Gasteiger partial charge in [0.2, 0.25) is 0 Å². The molecule has 0 spiro atoms. The van der Waals surface area contributed by atoms with Crippen LogP contribution in [0.2, 0.25) is 5.02 Å². The lowest BCUT2D eigenvalue weighted by atomic mass is 10.1. The van der Waals surface area contributed by atoms with E-state index in [0.717, 1.165) is 22.2 Å². The Kier molecular flexibility index (Phi) is 8.52. The van der Waals surface area contributed by atoms with Crippen LogP contribution < -0.4 is 9.47 Å². The van der Waals surface area contributed by atoms with Crippen LogP contribution in [-0.4, -0.2) is 27.6 Å². The van der Waals surface area contributed by atoms with Gasteiger partial charge in [-0.15, -0.1) is 0 Å². The number of para-hydroxylation sites is 1. The Morgan fingerprint density at radius 1 is 1.11 bits per heavy atom. The molecule has 0 bridgehead atoms. The average molecular weight is 604 g/mol. The van der Waals surface area contributed by atoms with Crippen molar-refractivity contribution < 1.29 is 24.0 Å². The molecule has 4 rings (SSSR count). The molecule has 0 atom stereocenters. The molecule has 0 saturated carbocycles. The van der Waals surface area contributed by atoms with Crippen molar-refractivity contribution >= 4 is 62.2 Å². The molecule has 0 N–H and O–H groups in total. The van der Waals surface area contributed by atoms with E-state index in [1.165, 1.54) is 18.2 Å². The Hall–Kier alpha value is -3.34. The lowest BCUT2D eigenvalue weighted by Gasteiger charge is -2.15. The van der Waals surface area contributed by atoms with E-state index >= 15 is 0 Å². The Bertz CT molecular complexity index is 1400. The van der Waals surface area contributed by atoms with Gasteiger partial charge < -0.3 is 9.47 Å². The second kappa shape index (κ2) is 11.8. The van der Waals surface area contributed by atoms with Crippen molar-refractivity contribution in [1.82, 2.24) is 4.90 Å². The standard InChI is InChI=1S/C26H20BrClN2O6S/c1-2-35-22-12-17(11-20(27)24(22)36-15-16-7-9-19(28)10-8-16)13-23-25(31)29(26(32)37-23)14-18-5-3-4-6-21(18)30(33)34/h3-13H,2,14-15H2,1H3/b23-13+. The molecule has 11 heteroatoms. The van der Waals surface area contributed by atoms with Crippen LogP contribution in [0.25, 0.3) is 6.08 Å². The summed E-state index contributed by atoms with van der Waals surface area (Å²) in [6, 6.07) is 16.8. The summed E-state index contributed by atoms with van der Waals surface area (Å²) >= 11 is 10.2. The fourth-order valence-corrected chi connectivity index (χ4v) is 5.13. The Balaban J connectivity index is 1.56. The number of nitrogens with zero attached hydrogens (tertiary/aromatic N) is 2. The molecule has 8 nitrogen and oxygen atoms in total. The van der Waals surface area contributed by atoms with E-state index in [9.17, 15) is 19.7 Å². The second-order valence-corrected chi connectivity index (χ2v) is 10.1. The first-order chi connectivity index (χ1) is 17.8. The lowest BCUT2D eigenvalue weighted by molar-refractivity contribution is -0.385. The molecule has 1 heterocycles. The monoisotopic (exact) mass is 602 g/mol. The second-order valence-electron chi connectivity index (χ2n) is 7.83. The molecular weight excluding hydrogens is 584 g/mol. The van der Waals surface area contributed by atoms with E-state index in [-0.39, 0.29) is 22.7 Å². The number of thioether (sulfide) groups is 1. The molecule has 190 valence electrons. The number of imide groups is 1. The van der Waals surface area contributed by atoms with Crippen LogP contribution in [0.5, 0.6) is 11.5 Å². The van der Waals surface area contributed by atoms with Gasteiger partial charge in [-0.1, -0.05) is 41.9 Å². The highest BCUT2D eigenvalue weighted by molar-refractivity contribution is 9.10. The van der Waals surface area contributed by atoms with Crippen LogP contribution in [0.4, 0.5) is 10.5 Å². The van der Waals surface area contributed by atoms with Gasteiger partial charge in [0.15, 0.2) is 11.5 Å². The number of rotatable bonds is 9. The molecule has 2 amide bonds. The summed E-state index contributed by atoms with van der Waals surface area (Å²) in [5.74, 6) is 0.444. The number of hydrogen-bond acceptors (Lipinski definition) is 7. The zero-order valence-corrected chi connectivity index (χ0v) is 22.6. The molecule has 1 aliphatic heterocycles. The topological polar surface area (TPSA) is 99.0 Å². The van der Waals surface area contributed by atoms with Crippen molar-refractivity contribution in [2.45, 2.75) is 20.1 Å². The minimum Gasteiger partial charge on any atom is -0.490 e. The Morgan fingerprint density at radius 2 is 1.84 bits per heavy atom. The van der Waals surface area contributed by atoms with Crippen LogP contribution in [0, 0.1) is 10.1 Å². The fraction of sp³-hybridized carbons (Fsp3) is 0.154. The summed E-state index contributed by atoms with van der Waals surface area (Å²) in [5.41, 5.74) is 1.67. The summed E-state index contributed by atoms with van der Waals surface area (Å²) in [7, 11) is 0. The van der Waals surface area contributed by atoms with Gasteiger partial charge in [0.25, 0.3) is 16.8 Å². The SMILES string of the molecule is CCOc1cc(/C=C2/SC(=O)N(Cc3ccccc3[N+](=O)[O-])C2=O)cc(Br)c1OCc1ccc(Cl)cc1. The van der Waals surface area contributed by atoms with E-state index in [0.29, 0.717) is 39.8 Å². The molecule has 3 aromatic rings. The predicted octanol–water partition coefficient (Wildman–Crippen LogP) is 7.22. The number of nitro benzene ring substituents is 1. The predicted molar refractivity (Wildman–Crippen MR) is 146 cm³/mol. The third-order valence-electron chi connectivity index (χ3n) is 5.32. The zero-order chi connectivity index (χ0) is 26.5. The number of benzene rings is 3. The van der Waals surface area contributed by atoms with E-state index in [1.54, 1.807) is 36.4 Å². The summed E-state index contributed by atoms with van der Waals surface area (Å²) in [6.07, 6.45) is 1.58. The van der Waals surface area contributed by atoms with Crippen LogP contribution in [0.1, 0.15) is 23.6 Å². The lowest BCUT2D eigenvalue weighted by Crippen LogP contribution is -2.27. The van der Waals surface area contributed by atoms with Gasteiger partial charge in [0.1, 0.15) is 6.61 Å². The van der Waals surface area contributed by atoms with E-state index < -0.39 is 16.1 Å². The summed E-state index contributed by atoms with van der Waals surface area (Å²) in [6.45, 7) is 2.33. The van der Waals surface area contributed by atoms with Crippen LogP contribution >= 0.6 is 39.3 Å². The molecular formula is C26H20BrClN2O6S. The maximum absolute atomic E-state index is 13.0. The first-order valence-electron chi connectivity index (χ1n) is 11.1. The van der Waals surface area contributed by atoms with Crippen molar-refractivity contribution in [2.24, 2.45) is 0 Å². The number of amides is 2. The van der Waals surface area contributed by atoms with E-state index in [2.05, 4.69) is 15.9 Å². The van der Waals surface area contributed by atoms with Crippen LogP contribution in [-0.2, 0) is 17.9 Å². The van der Waals surface area contributed by atoms with Crippen molar-refractivity contribution in [3.05, 3.63) is 102 Å². The van der Waals surface area contributed by atoms with Crippen molar-refractivity contribution in [3.63, 3.8) is 0 Å². The van der Waals surface area contributed by atoms with E-state index in [4.69, 9.17) is 21.1 Å². The molecule has 1 saturated heterocycles. The fourth-order valence-electron chi connectivity index (χ4n) is 3.59. The van der Waals surface area contributed by atoms with Gasteiger partial charge in [-0.25, -0.2) is 0 Å². The van der Waals surface area contributed by atoms with Gasteiger partial charge in [-0.05, 0) is 76.1 Å². The van der Waals surface area contributed by atoms with Crippen molar-refractivity contribution in [1.29, 1.82) is 0 Å². The van der Waals surface area contributed by atoms with Crippen molar-refractivity contribution in [2.75, 3.05) is 6.61 Å². The molecule has 1 fully saturated rings. The van der Waals surface area contributed by atoms with Gasteiger partial charge in [-0.2, -0.15) is 0 Å². The summed E-state index contributed by atoms with van der Waals surface area (Å²) in [4.78, 5) is 37.6. The zero-order valence-electron chi connectivity index (χ0n) is 19.5.